The first-order valence-corrected chi connectivity index (χ1v) is 6.65. The van der Waals surface area contributed by atoms with E-state index in [1.165, 1.54) is 6.07 Å². The molecule has 0 bridgehead atoms. The molecule has 1 aromatic rings. The summed E-state index contributed by atoms with van der Waals surface area (Å²) in [6.07, 6.45) is 2.36. The van der Waals surface area contributed by atoms with Crippen LogP contribution in [0.2, 0.25) is 0 Å². The molecule has 5 heteroatoms. The molecular weight excluding hydrogens is 244 g/mol. The van der Waals surface area contributed by atoms with Gasteiger partial charge in [-0.3, -0.25) is 10.1 Å². The Labute approximate surface area is 114 Å². The topological polar surface area (TPSA) is 64.4 Å². The van der Waals surface area contributed by atoms with E-state index in [2.05, 4.69) is 5.32 Å². The predicted molar refractivity (Wildman–Crippen MR) is 75.1 cm³/mol. The van der Waals surface area contributed by atoms with Crippen molar-refractivity contribution in [1.29, 1.82) is 0 Å². The Morgan fingerprint density at radius 1 is 1.37 bits per heavy atom. The highest BCUT2D eigenvalue weighted by Crippen LogP contribution is 2.12. The van der Waals surface area contributed by atoms with Crippen LogP contribution in [0.3, 0.4) is 0 Å². The molecule has 0 saturated carbocycles. The van der Waals surface area contributed by atoms with Crippen LogP contribution < -0.4 is 5.32 Å². The zero-order valence-corrected chi connectivity index (χ0v) is 11.6. The lowest BCUT2D eigenvalue weighted by Gasteiger charge is -2.08. The fourth-order valence-corrected chi connectivity index (χ4v) is 1.68. The number of nitrogens with one attached hydrogen (secondary N) is 1. The van der Waals surface area contributed by atoms with E-state index in [0.29, 0.717) is 6.54 Å². The van der Waals surface area contributed by atoms with Crippen molar-refractivity contribution >= 4 is 5.69 Å². The first-order chi connectivity index (χ1) is 9.09. The van der Waals surface area contributed by atoms with Gasteiger partial charge < -0.3 is 10.1 Å². The maximum absolute atomic E-state index is 10.6. The smallest absolute Gasteiger partial charge is 0.269 e. The Balaban J connectivity index is 2.15. The van der Waals surface area contributed by atoms with E-state index in [1.54, 1.807) is 12.1 Å². The largest absolute Gasteiger partial charge is 0.379 e. The molecule has 1 rings (SSSR count). The van der Waals surface area contributed by atoms with Gasteiger partial charge >= 0.3 is 0 Å². The second-order valence-corrected chi connectivity index (χ2v) is 4.73. The normalized spacial score (nSPS) is 10.9. The molecule has 5 nitrogen and oxygen atoms in total. The van der Waals surface area contributed by atoms with Crippen LogP contribution >= 0.6 is 0 Å². The lowest BCUT2D eigenvalue weighted by molar-refractivity contribution is -0.384. The number of nitrogens with zero attached hydrogens (tertiary/aromatic N) is 1. The summed E-state index contributed by atoms with van der Waals surface area (Å²) in [5.41, 5.74) is 1.08. The molecule has 19 heavy (non-hydrogen) atoms. The molecule has 0 aliphatic carbocycles. The zero-order valence-electron chi connectivity index (χ0n) is 11.6. The molecular formula is C14H22N2O3. The van der Waals surface area contributed by atoms with Crippen LogP contribution in [-0.4, -0.2) is 24.2 Å². The van der Waals surface area contributed by atoms with Gasteiger partial charge in [0.05, 0.1) is 11.0 Å². The fraction of sp³-hybridized carbons (Fsp3) is 0.571. The number of ether oxygens (including phenoxy) is 1. The van der Waals surface area contributed by atoms with Crippen LogP contribution in [0, 0.1) is 10.1 Å². The quantitative estimate of drug-likeness (QED) is 0.424. The van der Waals surface area contributed by atoms with Gasteiger partial charge in [0.2, 0.25) is 0 Å². The zero-order chi connectivity index (χ0) is 14.1. The third-order valence-electron chi connectivity index (χ3n) is 2.65. The summed E-state index contributed by atoms with van der Waals surface area (Å²) in [5.74, 6) is 0. The molecule has 0 aromatic heterocycles. The van der Waals surface area contributed by atoms with E-state index in [9.17, 15) is 10.1 Å². The van der Waals surface area contributed by atoms with Crippen LogP contribution in [0.1, 0.15) is 32.3 Å². The number of hydrogen-bond acceptors (Lipinski definition) is 4. The first-order valence-electron chi connectivity index (χ1n) is 6.65. The van der Waals surface area contributed by atoms with Gasteiger partial charge in [-0.25, -0.2) is 0 Å². The fourth-order valence-electron chi connectivity index (χ4n) is 1.68. The van der Waals surface area contributed by atoms with Gasteiger partial charge in [-0.15, -0.1) is 0 Å². The van der Waals surface area contributed by atoms with Crippen molar-refractivity contribution in [2.45, 2.75) is 39.3 Å². The van der Waals surface area contributed by atoms with Crippen molar-refractivity contribution < 1.29 is 9.66 Å². The average Bonchev–Trinajstić information content (AvgIpc) is 2.37. The number of rotatable bonds is 9. The van der Waals surface area contributed by atoms with Crippen LogP contribution in [0.15, 0.2) is 24.3 Å². The Bertz CT molecular complexity index is 394. The summed E-state index contributed by atoms with van der Waals surface area (Å²) >= 11 is 0. The molecule has 0 unspecified atom stereocenters. The molecule has 0 aliphatic rings. The van der Waals surface area contributed by atoms with Gasteiger partial charge in [-0.05, 0) is 38.8 Å². The van der Waals surface area contributed by atoms with Gasteiger partial charge in [0.1, 0.15) is 0 Å². The number of nitro groups is 1. The van der Waals surface area contributed by atoms with Crippen LogP contribution in [0.25, 0.3) is 0 Å². The minimum absolute atomic E-state index is 0.143. The number of benzene rings is 1. The average molecular weight is 266 g/mol. The van der Waals surface area contributed by atoms with Gasteiger partial charge in [-0.1, -0.05) is 12.1 Å². The van der Waals surface area contributed by atoms with Crippen molar-refractivity contribution in [1.82, 2.24) is 5.32 Å². The SMILES string of the molecule is CC(C)OCCCCNCc1cccc([N+](=O)[O-])c1. The number of hydrogen-bond donors (Lipinski definition) is 1. The number of nitro benzene ring substituents is 1. The molecule has 0 amide bonds. The Hall–Kier alpha value is -1.46. The minimum Gasteiger partial charge on any atom is -0.379 e. The minimum atomic E-state index is -0.368. The summed E-state index contributed by atoms with van der Waals surface area (Å²) in [7, 11) is 0. The predicted octanol–water partition coefficient (Wildman–Crippen LogP) is 2.89. The molecule has 106 valence electrons. The molecule has 0 heterocycles. The highest BCUT2D eigenvalue weighted by molar-refractivity contribution is 5.34. The van der Waals surface area contributed by atoms with Gasteiger partial charge in [0.15, 0.2) is 0 Å². The molecule has 0 atom stereocenters. The lowest BCUT2D eigenvalue weighted by Crippen LogP contribution is -2.15. The molecule has 0 radical (unpaired) electrons. The molecule has 0 aliphatic heterocycles. The van der Waals surface area contributed by atoms with Gasteiger partial charge in [0.25, 0.3) is 5.69 Å². The second-order valence-electron chi connectivity index (χ2n) is 4.73. The second kappa shape index (κ2) is 8.61. The van der Waals surface area contributed by atoms with Crippen molar-refractivity contribution in [3.05, 3.63) is 39.9 Å². The lowest BCUT2D eigenvalue weighted by atomic mass is 10.2. The number of non-ortho nitro benzene ring substituents is 1. The van der Waals surface area contributed by atoms with Gasteiger partial charge in [-0.2, -0.15) is 0 Å². The highest BCUT2D eigenvalue weighted by Gasteiger charge is 2.04. The summed E-state index contributed by atoms with van der Waals surface area (Å²) < 4.78 is 5.45. The summed E-state index contributed by atoms with van der Waals surface area (Å²) in [4.78, 5) is 10.3. The summed E-state index contributed by atoms with van der Waals surface area (Å²) in [5, 5.41) is 13.9. The monoisotopic (exact) mass is 266 g/mol. The van der Waals surface area contributed by atoms with Gasteiger partial charge in [0, 0.05) is 25.3 Å². The van der Waals surface area contributed by atoms with Crippen LogP contribution in [0.5, 0.6) is 0 Å². The maximum atomic E-state index is 10.6. The number of unbranched alkanes of at least 4 members (excludes halogenated alkanes) is 1. The molecule has 0 fully saturated rings. The standard InChI is InChI=1S/C14H22N2O3/c1-12(2)19-9-4-3-8-15-11-13-6-5-7-14(10-13)16(17)18/h5-7,10,12,15H,3-4,8-9,11H2,1-2H3. The third-order valence-corrected chi connectivity index (χ3v) is 2.65. The molecule has 1 aromatic carbocycles. The van der Waals surface area contributed by atoms with E-state index in [4.69, 9.17) is 4.74 Å². The third kappa shape index (κ3) is 6.88. The molecule has 1 N–H and O–H groups in total. The van der Waals surface area contributed by atoms with E-state index in [0.717, 1.165) is 31.6 Å². The van der Waals surface area contributed by atoms with Crippen molar-refractivity contribution in [3.8, 4) is 0 Å². The summed E-state index contributed by atoms with van der Waals surface area (Å²) in [6.45, 7) is 6.40. The Morgan fingerprint density at radius 3 is 2.84 bits per heavy atom. The van der Waals surface area contributed by atoms with E-state index < -0.39 is 0 Å². The summed E-state index contributed by atoms with van der Waals surface area (Å²) in [6, 6.07) is 6.72. The van der Waals surface area contributed by atoms with Crippen LogP contribution in [-0.2, 0) is 11.3 Å². The van der Waals surface area contributed by atoms with Crippen molar-refractivity contribution in [2.24, 2.45) is 0 Å². The van der Waals surface area contributed by atoms with E-state index >= 15 is 0 Å². The van der Waals surface area contributed by atoms with Crippen molar-refractivity contribution in [2.75, 3.05) is 13.2 Å². The van der Waals surface area contributed by atoms with Crippen molar-refractivity contribution in [3.63, 3.8) is 0 Å². The Morgan fingerprint density at radius 2 is 2.16 bits per heavy atom. The van der Waals surface area contributed by atoms with E-state index in [-0.39, 0.29) is 16.7 Å². The first kappa shape index (κ1) is 15.6. The highest BCUT2D eigenvalue weighted by atomic mass is 16.6. The maximum Gasteiger partial charge on any atom is 0.269 e. The van der Waals surface area contributed by atoms with E-state index in [1.807, 2.05) is 19.9 Å². The van der Waals surface area contributed by atoms with Crippen LogP contribution in [0.4, 0.5) is 5.69 Å². The Kier molecular flexibility index (Phi) is 7.07. The molecule has 0 saturated heterocycles. The molecule has 0 spiro atoms.